The molecule has 1 aromatic carbocycles. The van der Waals surface area contributed by atoms with Crippen molar-refractivity contribution in [2.45, 2.75) is 6.54 Å². The van der Waals surface area contributed by atoms with Gasteiger partial charge in [0, 0.05) is 11.5 Å². The van der Waals surface area contributed by atoms with Gasteiger partial charge in [-0.05, 0) is 17.7 Å². The number of nitrogens with zero attached hydrogens (tertiary/aromatic N) is 1. The highest BCUT2D eigenvalue weighted by molar-refractivity contribution is 7.02. The molecular formula is C10H10N2O3S. The summed E-state index contributed by atoms with van der Waals surface area (Å²) in [5.41, 5.74) is 0.512. The number of rotatable bonds is 3. The van der Waals surface area contributed by atoms with Crippen LogP contribution in [0.1, 0.15) is 5.56 Å². The van der Waals surface area contributed by atoms with E-state index in [4.69, 9.17) is 4.74 Å². The van der Waals surface area contributed by atoms with E-state index in [1.54, 1.807) is 19.2 Å². The molecule has 5 nitrogen and oxygen atoms in total. The molecule has 0 radical (unpaired) electrons. The number of aromatic nitrogens is 2. The Morgan fingerprint density at radius 3 is 2.50 bits per heavy atom. The van der Waals surface area contributed by atoms with Crippen LogP contribution in [0.2, 0.25) is 0 Å². The average Bonchev–Trinajstić information content (AvgIpc) is 2.62. The minimum atomic E-state index is -0.370. The molecule has 0 aliphatic carbocycles. The first-order valence-corrected chi connectivity index (χ1v) is 5.43. The van der Waals surface area contributed by atoms with Crippen molar-refractivity contribution in [1.82, 2.24) is 8.94 Å². The third-order valence-electron chi connectivity index (χ3n) is 2.19. The number of benzene rings is 1. The van der Waals surface area contributed by atoms with Gasteiger partial charge in [0.15, 0.2) is 0 Å². The van der Waals surface area contributed by atoms with Crippen LogP contribution in [0.5, 0.6) is 5.75 Å². The molecule has 2 aromatic rings. The van der Waals surface area contributed by atoms with Gasteiger partial charge in [0.25, 0.3) is 0 Å². The minimum Gasteiger partial charge on any atom is -0.497 e. The largest absolute Gasteiger partial charge is 0.497 e. The first-order valence-electron chi connectivity index (χ1n) is 4.62. The summed E-state index contributed by atoms with van der Waals surface area (Å²) in [5.74, 6) is 0.746. The number of hydrogen-bond donors (Lipinski definition) is 1. The fourth-order valence-corrected chi connectivity index (χ4v) is 1.87. The summed E-state index contributed by atoms with van der Waals surface area (Å²) in [5, 5.41) is 0. The maximum Gasteiger partial charge on any atom is 0.338 e. The van der Waals surface area contributed by atoms with E-state index in [0.29, 0.717) is 0 Å². The topological polar surface area (TPSA) is 64.1 Å². The van der Waals surface area contributed by atoms with Crippen molar-refractivity contribution in [3.8, 4) is 5.75 Å². The van der Waals surface area contributed by atoms with Gasteiger partial charge >= 0.3 is 10.6 Å². The molecule has 6 heteroatoms. The van der Waals surface area contributed by atoms with Crippen molar-refractivity contribution in [3.63, 3.8) is 0 Å². The zero-order valence-electron chi connectivity index (χ0n) is 8.60. The van der Waals surface area contributed by atoms with Gasteiger partial charge < -0.3 is 4.74 Å². The Bertz CT molecular complexity index is 552. The molecule has 0 spiro atoms. The van der Waals surface area contributed by atoms with Gasteiger partial charge in [-0.3, -0.25) is 9.17 Å². The Hall–Kier alpha value is -1.82. The molecule has 0 amide bonds. The van der Waals surface area contributed by atoms with E-state index in [0.717, 1.165) is 27.4 Å². The van der Waals surface area contributed by atoms with Crippen LogP contribution >= 0.6 is 11.5 Å². The summed E-state index contributed by atoms with van der Waals surface area (Å²) >= 11 is 0.803. The number of aromatic amines is 1. The highest BCUT2D eigenvalue weighted by Crippen LogP contribution is 2.11. The summed E-state index contributed by atoms with van der Waals surface area (Å²) in [6.07, 6.45) is 0. The van der Waals surface area contributed by atoms with E-state index in [9.17, 15) is 9.59 Å². The third-order valence-corrected chi connectivity index (χ3v) is 2.86. The summed E-state index contributed by atoms with van der Waals surface area (Å²) < 4.78 is 8.57. The summed E-state index contributed by atoms with van der Waals surface area (Å²) in [6.45, 7) is 0.279. The highest BCUT2D eigenvalue weighted by atomic mass is 32.1. The van der Waals surface area contributed by atoms with Gasteiger partial charge in [-0.25, -0.2) is 9.36 Å². The highest BCUT2D eigenvalue weighted by Gasteiger charge is 2.04. The molecule has 1 aromatic heterocycles. The lowest BCUT2D eigenvalue weighted by Gasteiger charge is -2.02. The molecule has 0 aliphatic heterocycles. The second-order valence-electron chi connectivity index (χ2n) is 3.21. The van der Waals surface area contributed by atoms with Gasteiger partial charge in [0.05, 0.1) is 13.7 Å². The van der Waals surface area contributed by atoms with E-state index < -0.39 is 0 Å². The summed E-state index contributed by atoms with van der Waals surface area (Å²) in [4.78, 5) is 22.3. The van der Waals surface area contributed by atoms with Crippen LogP contribution in [-0.2, 0) is 6.54 Å². The van der Waals surface area contributed by atoms with E-state index in [-0.39, 0.29) is 17.1 Å². The van der Waals surface area contributed by atoms with Crippen molar-refractivity contribution >= 4 is 11.5 Å². The zero-order valence-corrected chi connectivity index (χ0v) is 9.41. The van der Waals surface area contributed by atoms with Crippen molar-refractivity contribution in [2.24, 2.45) is 0 Å². The first-order chi connectivity index (χ1) is 7.70. The zero-order chi connectivity index (χ0) is 11.5. The van der Waals surface area contributed by atoms with Crippen LogP contribution in [0.15, 0.2) is 33.9 Å². The molecule has 1 heterocycles. The predicted molar refractivity (Wildman–Crippen MR) is 61.3 cm³/mol. The first kappa shape index (κ1) is 10.7. The average molecular weight is 238 g/mol. The molecule has 2 rings (SSSR count). The van der Waals surface area contributed by atoms with Crippen LogP contribution in [-0.4, -0.2) is 16.1 Å². The van der Waals surface area contributed by atoms with Crippen LogP contribution in [0.25, 0.3) is 0 Å². The van der Waals surface area contributed by atoms with Crippen LogP contribution in [0, 0.1) is 0 Å². The van der Waals surface area contributed by atoms with E-state index in [1.165, 1.54) is 0 Å². The van der Waals surface area contributed by atoms with Gasteiger partial charge in [0.1, 0.15) is 5.75 Å². The molecule has 0 fully saturated rings. The number of ether oxygens (including phenoxy) is 1. The molecule has 0 unspecified atom stereocenters. The molecule has 84 valence electrons. The monoisotopic (exact) mass is 238 g/mol. The lowest BCUT2D eigenvalue weighted by molar-refractivity contribution is 0.414. The Morgan fingerprint density at radius 2 is 2.00 bits per heavy atom. The van der Waals surface area contributed by atoms with Gasteiger partial charge in [-0.15, -0.1) is 0 Å². The van der Waals surface area contributed by atoms with Gasteiger partial charge in [-0.2, -0.15) is 0 Å². The summed E-state index contributed by atoms with van der Waals surface area (Å²) in [6, 6.07) is 7.23. The number of H-pyrrole nitrogens is 1. The van der Waals surface area contributed by atoms with E-state index in [1.807, 2.05) is 12.1 Å². The second kappa shape index (κ2) is 4.36. The smallest absolute Gasteiger partial charge is 0.338 e. The molecular weight excluding hydrogens is 228 g/mol. The molecule has 0 aliphatic rings. The van der Waals surface area contributed by atoms with Crippen LogP contribution in [0.4, 0.5) is 0 Å². The number of hydrogen-bond acceptors (Lipinski definition) is 4. The second-order valence-corrected chi connectivity index (χ2v) is 3.97. The van der Waals surface area contributed by atoms with Crippen molar-refractivity contribution in [2.75, 3.05) is 7.11 Å². The Labute approximate surface area is 95.1 Å². The quantitative estimate of drug-likeness (QED) is 0.854. The molecule has 0 bridgehead atoms. The van der Waals surface area contributed by atoms with Crippen molar-refractivity contribution in [1.29, 1.82) is 0 Å². The Morgan fingerprint density at radius 1 is 1.31 bits per heavy atom. The lowest BCUT2D eigenvalue weighted by Crippen LogP contribution is -2.26. The van der Waals surface area contributed by atoms with Crippen molar-refractivity contribution in [3.05, 3.63) is 50.0 Å². The lowest BCUT2D eigenvalue weighted by atomic mass is 10.2. The van der Waals surface area contributed by atoms with Gasteiger partial charge in [0.2, 0.25) is 0 Å². The molecule has 0 atom stereocenters. The van der Waals surface area contributed by atoms with E-state index in [2.05, 4.69) is 4.37 Å². The number of nitrogens with one attached hydrogen (secondary N) is 1. The predicted octanol–water partition coefficient (Wildman–Crippen LogP) is 0.655. The maximum atomic E-state index is 11.3. The molecule has 0 saturated heterocycles. The molecule has 1 N–H and O–H groups in total. The molecule has 16 heavy (non-hydrogen) atoms. The Kier molecular flexibility index (Phi) is 2.91. The normalized spacial score (nSPS) is 10.3. The minimum absolute atomic E-state index is 0.277. The van der Waals surface area contributed by atoms with Crippen LogP contribution < -0.4 is 15.3 Å². The Balaban J connectivity index is 2.27. The standard InChI is InChI=1S/C10H10N2O3S/c1-15-8-4-2-7(3-5-8)6-12-9(13)11-16-10(12)14/h2-5H,6H2,1H3,(H,11,13). The van der Waals surface area contributed by atoms with Gasteiger partial charge in [-0.1, -0.05) is 12.1 Å². The fraction of sp³-hybridized carbons (Fsp3) is 0.200. The van der Waals surface area contributed by atoms with Crippen LogP contribution in [0.3, 0.4) is 0 Å². The fourth-order valence-electron chi connectivity index (χ4n) is 1.33. The van der Waals surface area contributed by atoms with Crippen molar-refractivity contribution < 1.29 is 4.74 Å². The number of methoxy groups -OCH3 is 1. The van der Waals surface area contributed by atoms with E-state index >= 15 is 0 Å². The third kappa shape index (κ3) is 2.06. The SMILES string of the molecule is COc1ccc(Cn2c(=O)[nH]sc2=O)cc1. The summed E-state index contributed by atoms with van der Waals surface area (Å²) in [7, 11) is 1.59. The maximum absolute atomic E-state index is 11.3. The molecule has 0 saturated carbocycles.